The van der Waals surface area contributed by atoms with Crippen LogP contribution in [0, 0.1) is 6.92 Å². The van der Waals surface area contributed by atoms with Crippen LogP contribution in [0.4, 0.5) is 13.2 Å². The molecule has 0 radical (unpaired) electrons. The SMILES string of the molecule is Cc1ccsc1C(=O)Oc1ccccc1C(F)(F)F. The van der Waals surface area contributed by atoms with E-state index < -0.39 is 23.5 Å². The van der Waals surface area contributed by atoms with Gasteiger partial charge in [0.1, 0.15) is 10.6 Å². The van der Waals surface area contributed by atoms with E-state index in [0.29, 0.717) is 10.4 Å². The molecule has 19 heavy (non-hydrogen) atoms. The van der Waals surface area contributed by atoms with Crippen molar-refractivity contribution in [2.24, 2.45) is 0 Å². The van der Waals surface area contributed by atoms with Gasteiger partial charge in [-0.1, -0.05) is 12.1 Å². The molecule has 0 aliphatic heterocycles. The zero-order valence-corrected chi connectivity index (χ0v) is 10.6. The van der Waals surface area contributed by atoms with Crippen LogP contribution in [0.2, 0.25) is 0 Å². The summed E-state index contributed by atoms with van der Waals surface area (Å²) in [6.45, 7) is 1.70. The maximum Gasteiger partial charge on any atom is 0.419 e. The van der Waals surface area contributed by atoms with Crippen LogP contribution in [0.3, 0.4) is 0 Å². The number of esters is 1. The molecule has 1 aromatic carbocycles. The van der Waals surface area contributed by atoms with Crippen molar-refractivity contribution in [3.8, 4) is 5.75 Å². The van der Waals surface area contributed by atoms with Gasteiger partial charge in [0.05, 0.1) is 5.56 Å². The van der Waals surface area contributed by atoms with Gasteiger partial charge in [-0.05, 0) is 36.1 Å². The van der Waals surface area contributed by atoms with Crippen molar-refractivity contribution < 1.29 is 22.7 Å². The average Bonchev–Trinajstić information content (AvgIpc) is 2.75. The number of para-hydroxylation sites is 1. The molecule has 1 heterocycles. The molecule has 0 amide bonds. The Bertz CT molecular complexity index is 602. The molecule has 0 saturated heterocycles. The maximum absolute atomic E-state index is 12.7. The van der Waals surface area contributed by atoms with E-state index in [-0.39, 0.29) is 0 Å². The van der Waals surface area contributed by atoms with E-state index in [1.54, 1.807) is 18.4 Å². The molecular weight excluding hydrogens is 277 g/mol. The summed E-state index contributed by atoms with van der Waals surface area (Å²) < 4.78 is 43.0. The first kappa shape index (κ1) is 13.6. The summed E-state index contributed by atoms with van der Waals surface area (Å²) in [5.74, 6) is -1.25. The Balaban J connectivity index is 2.30. The number of carbonyl (C=O) groups excluding carboxylic acids is 1. The van der Waals surface area contributed by atoms with E-state index in [2.05, 4.69) is 0 Å². The van der Waals surface area contributed by atoms with Crippen molar-refractivity contribution in [3.05, 3.63) is 51.7 Å². The fraction of sp³-hybridized carbons (Fsp3) is 0.154. The second-order valence-electron chi connectivity index (χ2n) is 3.82. The number of aryl methyl sites for hydroxylation is 1. The van der Waals surface area contributed by atoms with Gasteiger partial charge in [-0.2, -0.15) is 13.2 Å². The summed E-state index contributed by atoms with van der Waals surface area (Å²) in [4.78, 5) is 12.1. The number of hydrogen-bond acceptors (Lipinski definition) is 3. The van der Waals surface area contributed by atoms with Crippen LogP contribution >= 0.6 is 11.3 Å². The van der Waals surface area contributed by atoms with Gasteiger partial charge in [-0.25, -0.2) is 4.79 Å². The van der Waals surface area contributed by atoms with Crippen LogP contribution < -0.4 is 4.74 Å². The third-order valence-corrected chi connectivity index (χ3v) is 3.44. The number of halogens is 3. The molecule has 0 saturated carbocycles. The Kier molecular flexibility index (Phi) is 3.61. The van der Waals surface area contributed by atoms with E-state index in [0.717, 1.165) is 23.5 Å². The van der Waals surface area contributed by atoms with E-state index in [1.807, 2.05) is 0 Å². The van der Waals surface area contributed by atoms with E-state index >= 15 is 0 Å². The van der Waals surface area contributed by atoms with Crippen molar-refractivity contribution in [2.45, 2.75) is 13.1 Å². The zero-order valence-electron chi connectivity index (χ0n) is 9.82. The first-order valence-electron chi connectivity index (χ1n) is 5.32. The lowest BCUT2D eigenvalue weighted by atomic mass is 10.2. The highest BCUT2D eigenvalue weighted by Crippen LogP contribution is 2.36. The summed E-state index contributed by atoms with van der Waals surface area (Å²) in [5, 5.41) is 1.68. The van der Waals surface area contributed by atoms with E-state index in [9.17, 15) is 18.0 Å². The Morgan fingerprint density at radius 2 is 1.89 bits per heavy atom. The minimum absolute atomic E-state index is 0.303. The molecule has 2 aromatic rings. The van der Waals surface area contributed by atoms with Crippen LogP contribution in [0.15, 0.2) is 35.7 Å². The number of benzene rings is 1. The van der Waals surface area contributed by atoms with Crippen LogP contribution in [0.25, 0.3) is 0 Å². The molecular formula is C13H9F3O2S. The Morgan fingerprint density at radius 1 is 1.21 bits per heavy atom. The average molecular weight is 286 g/mol. The fourth-order valence-corrected chi connectivity index (χ4v) is 2.32. The number of ether oxygens (including phenoxy) is 1. The van der Waals surface area contributed by atoms with Gasteiger partial charge in [0.25, 0.3) is 0 Å². The summed E-state index contributed by atoms with van der Waals surface area (Å²) in [7, 11) is 0. The third kappa shape index (κ3) is 2.96. The van der Waals surface area contributed by atoms with Crippen molar-refractivity contribution in [1.82, 2.24) is 0 Å². The molecule has 0 bridgehead atoms. The second kappa shape index (κ2) is 5.05. The van der Waals surface area contributed by atoms with Gasteiger partial charge in [0.2, 0.25) is 0 Å². The van der Waals surface area contributed by atoms with E-state index in [4.69, 9.17) is 4.74 Å². The topological polar surface area (TPSA) is 26.3 Å². The summed E-state index contributed by atoms with van der Waals surface area (Å²) in [6, 6.07) is 6.35. The first-order valence-corrected chi connectivity index (χ1v) is 6.20. The van der Waals surface area contributed by atoms with E-state index in [1.165, 1.54) is 12.1 Å². The summed E-state index contributed by atoms with van der Waals surface area (Å²) >= 11 is 1.13. The molecule has 0 unspecified atom stereocenters. The van der Waals surface area contributed by atoms with Gasteiger partial charge < -0.3 is 4.74 Å². The normalized spacial score (nSPS) is 11.4. The monoisotopic (exact) mass is 286 g/mol. The van der Waals surface area contributed by atoms with Gasteiger partial charge in [0.15, 0.2) is 0 Å². The standard InChI is InChI=1S/C13H9F3O2S/c1-8-6-7-19-11(8)12(17)18-10-5-3-2-4-9(10)13(14,15)16/h2-7H,1H3. The molecule has 6 heteroatoms. The predicted molar refractivity (Wildman–Crippen MR) is 65.5 cm³/mol. The summed E-state index contributed by atoms with van der Waals surface area (Å²) in [5.41, 5.74) is -0.281. The molecule has 0 spiro atoms. The molecule has 0 fully saturated rings. The zero-order chi connectivity index (χ0) is 14.0. The fourth-order valence-electron chi connectivity index (χ4n) is 1.52. The maximum atomic E-state index is 12.7. The second-order valence-corrected chi connectivity index (χ2v) is 4.73. The minimum Gasteiger partial charge on any atom is -0.422 e. The Hall–Kier alpha value is -1.82. The predicted octanol–water partition coefficient (Wildman–Crippen LogP) is 4.29. The number of thiophene rings is 1. The lowest BCUT2D eigenvalue weighted by molar-refractivity contribution is -0.138. The lowest BCUT2D eigenvalue weighted by Gasteiger charge is -2.12. The lowest BCUT2D eigenvalue weighted by Crippen LogP contribution is -2.13. The van der Waals surface area contributed by atoms with Gasteiger partial charge in [-0.15, -0.1) is 11.3 Å². The molecule has 0 N–H and O–H groups in total. The number of alkyl halides is 3. The molecule has 100 valence electrons. The minimum atomic E-state index is -4.55. The van der Waals surface area contributed by atoms with Crippen LogP contribution in [0.5, 0.6) is 5.75 Å². The Morgan fingerprint density at radius 3 is 2.47 bits per heavy atom. The highest BCUT2D eigenvalue weighted by molar-refractivity contribution is 7.12. The molecule has 0 aliphatic carbocycles. The highest BCUT2D eigenvalue weighted by Gasteiger charge is 2.34. The molecule has 1 aromatic heterocycles. The smallest absolute Gasteiger partial charge is 0.419 e. The number of rotatable bonds is 2. The molecule has 2 rings (SSSR count). The summed E-state index contributed by atoms with van der Waals surface area (Å²) in [6.07, 6.45) is -4.55. The van der Waals surface area contributed by atoms with Gasteiger partial charge >= 0.3 is 12.1 Å². The first-order chi connectivity index (χ1) is 8.89. The number of hydrogen-bond donors (Lipinski definition) is 0. The molecule has 0 aliphatic rings. The quantitative estimate of drug-likeness (QED) is 0.608. The van der Waals surface area contributed by atoms with Crippen molar-refractivity contribution in [2.75, 3.05) is 0 Å². The Labute approximate surface area is 111 Å². The largest absolute Gasteiger partial charge is 0.422 e. The third-order valence-electron chi connectivity index (χ3n) is 2.44. The van der Waals surface area contributed by atoms with Crippen LogP contribution in [0.1, 0.15) is 20.8 Å². The van der Waals surface area contributed by atoms with Crippen molar-refractivity contribution in [1.29, 1.82) is 0 Å². The van der Waals surface area contributed by atoms with Crippen LogP contribution in [-0.4, -0.2) is 5.97 Å². The highest BCUT2D eigenvalue weighted by atomic mass is 32.1. The van der Waals surface area contributed by atoms with Crippen molar-refractivity contribution >= 4 is 17.3 Å². The molecule has 0 atom stereocenters. The molecule has 2 nitrogen and oxygen atoms in total. The van der Waals surface area contributed by atoms with Crippen LogP contribution in [-0.2, 0) is 6.18 Å². The number of carbonyl (C=O) groups is 1. The van der Waals surface area contributed by atoms with Gasteiger partial charge in [-0.3, -0.25) is 0 Å². The van der Waals surface area contributed by atoms with Gasteiger partial charge in [0, 0.05) is 0 Å². The van der Waals surface area contributed by atoms with Crippen molar-refractivity contribution in [3.63, 3.8) is 0 Å².